The third kappa shape index (κ3) is 66.1. The van der Waals surface area contributed by atoms with E-state index in [1.54, 1.807) is 0 Å². The molecule has 0 aromatic heterocycles. The van der Waals surface area contributed by atoms with Crippen molar-refractivity contribution in [1.82, 2.24) is 0 Å². The summed E-state index contributed by atoms with van der Waals surface area (Å²) < 4.78 is 34.7. The minimum Gasteiger partial charge on any atom is -0.462 e. The SMILES string of the molecule is CC/C=C\C/C=C\C/C=C\C/C=C\C/C=C\CCCCCCCCCCCCCCCC(=O)OC(COC(=O)CCCCCCCCCCCCCCCC/C=C\C/C=C\C/C=C\CCCCCCC)COP(=O)(O)OCC[N+](C)(C)C. The summed E-state index contributed by atoms with van der Waals surface area (Å²) in [6.45, 7) is 4.33. The first-order chi connectivity index (χ1) is 40.0. The van der Waals surface area contributed by atoms with Gasteiger partial charge in [0, 0.05) is 12.8 Å². The van der Waals surface area contributed by atoms with Crippen LogP contribution in [0.25, 0.3) is 0 Å². The molecule has 0 amide bonds. The van der Waals surface area contributed by atoms with E-state index in [-0.39, 0.29) is 32.0 Å². The zero-order valence-electron chi connectivity index (χ0n) is 54.0. The van der Waals surface area contributed by atoms with Crippen LogP contribution in [0.1, 0.15) is 296 Å². The molecule has 0 aromatic carbocycles. The molecule has 0 aliphatic carbocycles. The van der Waals surface area contributed by atoms with E-state index in [1.165, 1.54) is 180 Å². The number of carbonyl (C=O) groups is 2. The molecule has 0 saturated heterocycles. The molecule has 2 atom stereocenters. The van der Waals surface area contributed by atoms with Crippen LogP contribution in [0, 0.1) is 0 Å². The molecule has 9 nitrogen and oxygen atoms in total. The first-order valence-electron chi connectivity index (χ1n) is 34.0. The van der Waals surface area contributed by atoms with Crippen LogP contribution in [-0.4, -0.2) is 74.9 Å². The standard InChI is InChI=1S/C72H128NO8P/c1-6-8-10-12-14-16-18-20-22-24-26-28-30-32-34-36-38-40-42-44-46-48-50-52-54-56-58-60-62-64-71(74)78-68-70(69-80-82(76,77)79-67-66-73(3,4)5)81-72(75)65-63-61-59-57-55-53-51-49-47-45-43-41-39-37-35-33-31-29-27-25-23-21-19-17-15-13-11-9-7-2/h9,11,15,17-18,20-21,23-24,26-27,29-30,32-33,35,70H,6-8,10,12-14,16,19,22,25,28,31,34,36-69H2,1-5H3/p+1/b11-9-,17-15-,20-18-,23-21-,26-24-,29-27-,32-30-,35-33-. The van der Waals surface area contributed by atoms with Gasteiger partial charge in [-0.1, -0.05) is 284 Å². The first kappa shape index (κ1) is 78.9. The number of phosphoric acid groups is 1. The number of nitrogens with zero attached hydrogens (tertiary/aromatic N) is 1. The second-order valence-corrected chi connectivity index (χ2v) is 25.3. The molecule has 0 aromatic rings. The number of quaternary nitrogens is 1. The summed E-state index contributed by atoms with van der Waals surface area (Å²) in [5.74, 6) is -0.794. The van der Waals surface area contributed by atoms with Gasteiger partial charge in [0.2, 0.25) is 0 Å². The fraction of sp³-hybridized carbons (Fsp3) is 0.750. The second kappa shape index (κ2) is 62.5. The molecule has 0 radical (unpaired) electrons. The summed E-state index contributed by atoms with van der Waals surface area (Å²) >= 11 is 0. The van der Waals surface area contributed by atoms with Crippen LogP contribution < -0.4 is 0 Å². The van der Waals surface area contributed by atoms with Crippen molar-refractivity contribution in [3.63, 3.8) is 0 Å². The molecular weight excluding hydrogens is 1040 g/mol. The summed E-state index contributed by atoms with van der Waals surface area (Å²) in [6, 6.07) is 0. The molecule has 474 valence electrons. The van der Waals surface area contributed by atoms with Gasteiger partial charge in [-0.2, -0.15) is 0 Å². The third-order valence-electron chi connectivity index (χ3n) is 14.6. The number of esters is 2. The molecule has 2 unspecified atom stereocenters. The van der Waals surface area contributed by atoms with Crippen molar-refractivity contribution in [1.29, 1.82) is 0 Å². The number of allylic oxidation sites excluding steroid dienone is 16. The normalized spacial score (nSPS) is 13.8. The average molecular weight is 1170 g/mol. The summed E-state index contributed by atoms with van der Waals surface area (Å²) in [7, 11) is 1.48. The van der Waals surface area contributed by atoms with E-state index in [0.717, 1.165) is 83.5 Å². The molecule has 0 bridgehead atoms. The number of phosphoric ester groups is 1. The van der Waals surface area contributed by atoms with Crippen LogP contribution in [0.5, 0.6) is 0 Å². The van der Waals surface area contributed by atoms with Crippen molar-refractivity contribution < 1.29 is 42.1 Å². The Kier molecular flexibility index (Phi) is 60.1. The van der Waals surface area contributed by atoms with Crippen molar-refractivity contribution in [2.75, 3.05) is 47.5 Å². The van der Waals surface area contributed by atoms with Gasteiger partial charge in [0.15, 0.2) is 6.10 Å². The van der Waals surface area contributed by atoms with E-state index < -0.39 is 26.5 Å². The Labute approximate surface area is 506 Å². The first-order valence-corrected chi connectivity index (χ1v) is 35.5. The maximum Gasteiger partial charge on any atom is 0.472 e. The molecule has 0 aliphatic rings. The number of unbranched alkanes of at least 4 members (excludes halogenated alkanes) is 32. The largest absolute Gasteiger partial charge is 0.472 e. The lowest BCUT2D eigenvalue weighted by atomic mass is 10.0. The molecule has 0 heterocycles. The van der Waals surface area contributed by atoms with Crippen LogP contribution in [-0.2, 0) is 32.7 Å². The number of likely N-dealkylation sites (N-methyl/N-ethyl adjacent to an activating group) is 1. The monoisotopic (exact) mass is 1170 g/mol. The molecule has 0 saturated carbocycles. The number of rotatable bonds is 62. The summed E-state index contributed by atoms with van der Waals surface area (Å²) in [4.78, 5) is 35.9. The van der Waals surface area contributed by atoms with Crippen LogP contribution in [0.4, 0.5) is 0 Å². The quantitative estimate of drug-likeness (QED) is 0.0211. The number of hydrogen-bond donors (Lipinski definition) is 1. The molecule has 0 rings (SSSR count). The Bertz CT molecular complexity index is 1710. The predicted octanol–water partition coefficient (Wildman–Crippen LogP) is 21.9. The van der Waals surface area contributed by atoms with Gasteiger partial charge in [-0.05, 0) is 96.3 Å². The predicted molar refractivity (Wildman–Crippen MR) is 353 cm³/mol. The van der Waals surface area contributed by atoms with Crippen molar-refractivity contribution in [3.8, 4) is 0 Å². The molecule has 0 fully saturated rings. The molecule has 0 spiro atoms. The van der Waals surface area contributed by atoms with E-state index in [9.17, 15) is 19.0 Å². The van der Waals surface area contributed by atoms with E-state index in [0.29, 0.717) is 17.4 Å². The van der Waals surface area contributed by atoms with Gasteiger partial charge in [0.05, 0.1) is 27.7 Å². The highest BCUT2D eigenvalue weighted by atomic mass is 31.2. The minimum atomic E-state index is -4.40. The lowest BCUT2D eigenvalue weighted by Crippen LogP contribution is -2.37. The Balaban J connectivity index is 4.08. The lowest BCUT2D eigenvalue weighted by molar-refractivity contribution is -0.870. The topological polar surface area (TPSA) is 108 Å². The van der Waals surface area contributed by atoms with E-state index in [2.05, 4.69) is 111 Å². The highest BCUT2D eigenvalue weighted by Gasteiger charge is 2.27. The number of carbonyl (C=O) groups excluding carboxylic acids is 2. The third-order valence-corrected chi connectivity index (χ3v) is 15.6. The number of hydrogen-bond acceptors (Lipinski definition) is 7. The Morgan fingerprint density at radius 3 is 1.04 bits per heavy atom. The van der Waals surface area contributed by atoms with Crippen molar-refractivity contribution in [3.05, 3.63) is 97.2 Å². The summed E-state index contributed by atoms with van der Waals surface area (Å²) in [5.41, 5.74) is 0. The van der Waals surface area contributed by atoms with E-state index >= 15 is 0 Å². The van der Waals surface area contributed by atoms with Crippen LogP contribution in [0.15, 0.2) is 97.2 Å². The van der Waals surface area contributed by atoms with Crippen LogP contribution in [0.3, 0.4) is 0 Å². The maximum absolute atomic E-state index is 12.9. The summed E-state index contributed by atoms with van der Waals surface area (Å²) in [6.07, 6.45) is 86.4. The van der Waals surface area contributed by atoms with E-state index in [1.807, 2.05) is 21.1 Å². The zero-order chi connectivity index (χ0) is 59.8. The minimum absolute atomic E-state index is 0.0285. The van der Waals surface area contributed by atoms with Crippen LogP contribution >= 0.6 is 7.82 Å². The van der Waals surface area contributed by atoms with Gasteiger partial charge in [-0.25, -0.2) is 4.57 Å². The van der Waals surface area contributed by atoms with Gasteiger partial charge < -0.3 is 18.9 Å². The molecule has 82 heavy (non-hydrogen) atoms. The Morgan fingerprint density at radius 1 is 0.390 bits per heavy atom. The molecule has 0 aliphatic heterocycles. The zero-order valence-corrected chi connectivity index (χ0v) is 54.8. The maximum atomic E-state index is 12.9. The Morgan fingerprint density at radius 2 is 0.695 bits per heavy atom. The van der Waals surface area contributed by atoms with Crippen molar-refractivity contribution in [2.45, 2.75) is 302 Å². The fourth-order valence-corrected chi connectivity index (χ4v) is 10.1. The van der Waals surface area contributed by atoms with Gasteiger partial charge in [0.1, 0.15) is 19.8 Å². The van der Waals surface area contributed by atoms with Crippen molar-refractivity contribution >= 4 is 19.8 Å². The van der Waals surface area contributed by atoms with E-state index in [4.69, 9.17) is 18.5 Å². The van der Waals surface area contributed by atoms with Gasteiger partial charge >= 0.3 is 19.8 Å². The smallest absolute Gasteiger partial charge is 0.462 e. The second-order valence-electron chi connectivity index (χ2n) is 23.8. The average Bonchev–Trinajstić information content (AvgIpc) is 3.45. The van der Waals surface area contributed by atoms with Gasteiger partial charge in [0.25, 0.3) is 0 Å². The van der Waals surface area contributed by atoms with Crippen molar-refractivity contribution in [2.24, 2.45) is 0 Å². The highest BCUT2D eigenvalue weighted by Crippen LogP contribution is 2.43. The fourth-order valence-electron chi connectivity index (χ4n) is 9.40. The molecule has 1 N–H and O–H groups in total. The lowest BCUT2D eigenvalue weighted by Gasteiger charge is -2.24. The Hall–Kier alpha value is -3.07. The number of ether oxygens (including phenoxy) is 2. The molecule has 10 heteroatoms. The highest BCUT2D eigenvalue weighted by molar-refractivity contribution is 7.47. The van der Waals surface area contributed by atoms with Crippen LogP contribution in [0.2, 0.25) is 0 Å². The van der Waals surface area contributed by atoms with Gasteiger partial charge in [-0.3, -0.25) is 18.6 Å². The van der Waals surface area contributed by atoms with Gasteiger partial charge in [-0.15, -0.1) is 0 Å². The molecular formula is C72H129NO8P+. The summed E-state index contributed by atoms with van der Waals surface area (Å²) in [5, 5.41) is 0.